The Morgan fingerprint density at radius 3 is 2.60 bits per heavy atom. The van der Waals surface area contributed by atoms with Gasteiger partial charge in [0.15, 0.2) is 0 Å². The van der Waals surface area contributed by atoms with Gasteiger partial charge in [0.25, 0.3) is 5.91 Å². The van der Waals surface area contributed by atoms with Crippen LogP contribution in [0.1, 0.15) is 34.5 Å². The molecule has 2 aromatic heterocycles. The van der Waals surface area contributed by atoms with Gasteiger partial charge >= 0.3 is 0 Å². The first-order valence-corrected chi connectivity index (χ1v) is 8.37. The van der Waals surface area contributed by atoms with Crippen LogP contribution in [0.2, 0.25) is 0 Å². The Morgan fingerprint density at radius 2 is 1.96 bits per heavy atom. The van der Waals surface area contributed by atoms with E-state index in [1.54, 1.807) is 6.33 Å². The van der Waals surface area contributed by atoms with Gasteiger partial charge in [0, 0.05) is 30.8 Å². The molecule has 0 bridgehead atoms. The van der Waals surface area contributed by atoms with Crippen LogP contribution in [0.5, 0.6) is 0 Å². The first-order chi connectivity index (χ1) is 12.1. The normalized spacial score (nSPS) is 10.8. The molecule has 1 aromatic carbocycles. The first kappa shape index (κ1) is 16.9. The van der Waals surface area contributed by atoms with E-state index in [-0.39, 0.29) is 5.91 Å². The maximum Gasteiger partial charge on any atom is 0.251 e. The summed E-state index contributed by atoms with van der Waals surface area (Å²) in [6, 6.07) is 9.46. The monoisotopic (exact) mass is 338 g/mol. The second-order valence-electron chi connectivity index (χ2n) is 5.92. The lowest BCUT2D eigenvalue weighted by Gasteiger charge is -2.08. The number of rotatable bonds is 6. The fourth-order valence-electron chi connectivity index (χ4n) is 2.77. The average molecular weight is 338 g/mol. The predicted molar refractivity (Wildman–Crippen MR) is 94.8 cm³/mol. The van der Waals surface area contributed by atoms with Crippen molar-refractivity contribution in [1.82, 2.24) is 29.9 Å². The minimum absolute atomic E-state index is 0.0949. The number of carbonyl (C=O) groups is 1. The van der Waals surface area contributed by atoms with Crippen LogP contribution < -0.4 is 5.32 Å². The maximum absolute atomic E-state index is 12.3. The summed E-state index contributed by atoms with van der Waals surface area (Å²) in [6.45, 7) is 7.36. The van der Waals surface area contributed by atoms with Gasteiger partial charge < -0.3 is 9.88 Å². The summed E-state index contributed by atoms with van der Waals surface area (Å²) >= 11 is 0. The van der Waals surface area contributed by atoms with Gasteiger partial charge in [-0.2, -0.15) is 5.10 Å². The van der Waals surface area contributed by atoms with Crippen LogP contribution >= 0.6 is 0 Å². The molecule has 25 heavy (non-hydrogen) atoms. The molecule has 0 saturated heterocycles. The highest BCUT2D eigenvalue weighted by Gasteiger charge is 2.09. The molecule has 0 spiro atoms. The number of nitrogens with zero attached hydrogens (tertiary/aromatic N) is 5. The highest BCUT2D eigenvalue weighted by molar-refractivity contribution is 5.94. The standard InChI is InChI=1S/C18H22N6O/c1-4-23-12-20-21-17(23)9-10-19-18(25)15-5-7-16(8-6-15)24-14(3)11-13(2)22-24/h5-8,11-12H,4,9-10H2,1-3H3,(H,19,25). The lowest BCUT2D eigenvalue weighted by atomic mass is 10.2. The van der Waals surface area contributed by atoms with Crippen LogP contribution in [0, 0.1) is 13.8 Å². The zero-order valence-electron chi connectivity index (χ0n) is 14.7. The van der Waals surface area contributed by atoms with Crippen molar-refractivity contribution < 1.29 is 4.79 Å². The van der Waals surface area contributed by atoms with Crippen molar-refractivity contribution in [2.75, 3.05) is 6.54 Å². The lowest BCUT2D eigenvalue weighted by molar-refractivity contribution is 0.0954. The molecule has 0 saturated carbocycles. The third-order valence-electron chi connectivity index (χ3n) is 4.05. The molecule has 2 heterocycles. The third kappa shape index (κ3) is 3.76. The minimum Gasteiger partial charge on any atom is -0.352 e. The van der Waals surface area contributed by atoms with E-state index in [0.717, 1.165) is 29.4 Å². The summed E-state index contributed by atoms with van der Waals surface area (Å²) in [5.74, 6) is 0.783. The zero-order valence-corrected chi connectivity index (χ0v) is 14.7. The predicted octanol–water partition coefficient (Wildman–Crippen LogP) is 2.07. The molecule has 3 aromatic rings. The van der Waals surface area contributed by atoms with Gasteiger partial charge in [0.1, 0.15) is 12.2 Å². The molecular weight excluding hydrogens is 316 g/mol. The molecule has 0 aliphatic carbocycles. The molecule has 7 nitrogen and oxygen atoms in total. The van der Waals surface area contributed by atoms with Crippen LogP contribution in [-0.2, 0) is 13.0 Å². The summed E-state index contributed by atoms with van der Waals surface area (Å²) in [5.41, 5.74) is 3.61. The van der Waals surface area contributed by atoms with Gasteiger partial charge in [0.2, 0.25) is 0 Å². The highest BCUT2D eigenvalue weighted by Crippen LogP contribution is 2.13. The molecule has 0 aliphatic heterocycles. The molecule has 3 rings (SSSR count). The molecule has 0 fully saturated rings. The maximum atomic E-state index is 12.3. The smallest absolute Gasteiger partial charge is 0.251 e. The zero-order chi connectivity index (χ0) is 17.8. The number of carbonyl (C=O) groups excluding carboxylic acids is 1. The van der Waals surface area contributed by atoms with Gasteiger partial charge in [-0.25, -0.2) is 4.68 Å². The van der Waals surface area contributed by atoms with Crippen molar-refractivity contribution in [3.63, 3.8) is 0 Å². The average Bonchev–Trinajstić information content (AvgIpc) is 3.20. The minimum atomic E-state index is -0.0949. The van der Waals surface area contributed by atoms with Gasteiger partial charge in [-0.1, -0.05) is 0 Å². The summed E-state index contributed by atoms with van der Waals surface area (Å²) in [5, 5.41) is 15.3. The van der Waals surface area contributed by atoms with E-state index in [1.165, 1.54) is 0 Å². The quantitative estimate of drug-likeness (QED) is 0.746. The SMILES string of the molecule is CCn1cnnc1CCNC(=O)c1ccc(-n2nc(C)cc2C)cc1. The summed E-state index contributed by atoms with van der Waals surface area (Å²) in [7, 11) is 0. The third-order valence-corrected chi connectivity index (χ3v) is 4.05. The number of hydrogen-bond acceptors (Lipinski definition) is 4. The van der Waals surface area contributed by atoms with Gasteiger partial charge in [-0.05, 0) is 51.1 Å². The molecule has 0 aliphatic rings. The van der Waals surface area contributed by atoms with Gasteiger partial charge in [0.05, 0.1) is 11.4 Å². The molecule has 1 N–H and O–H groups in total. The molecule has 1 amide bonds. The summed E-state index contributed by atoms with van der Waals surface area (Å²) in [4.78, 5) is 12.3. The van der Waals surface area contributed by atoms with Crippen LogP contribution in [-0.4, -0.2) is 37.0 Å². The van der Waals surface area contributed by atoms with Crippen molar-refractivity contribution in [1.29, 1.82) is 0 Å². The molecule has 0 radical (unpaired) electrons. The van der Waals surface area contributed by atoms with Crippen LogP contribution in [0.15, 0.2) is 36.7 Å². The van der Waals surface area contributed by atoms with Crippen LogP contribution in [0.25, 0.3) is 5.69 Å². The first-order valence-electron chi connectivity index (χ1n) is 8.37. The Morgan fingerprint density at radius 1 is 1.20 bits per heavy atom. The van der Waals surface area contributed by atoms with Crippen LogP contribution in [0.3, 0.4) is 0 Å². The van der Waals surface area contributed by atoms with E-state index in [9.17, 15) is 4.79 Å². The number of aryl methyl sites for hydroxylation is 3. The van der Waals surface area contributed by atoms with Crippen molar-refractivity contribution in [3.05, 3.63) is 59.4 Å². The second-order valence-corrected chi connectivity index (χ2v) is 5.92. The van der Waals surface area contributed by atoms with Crippen molar-refractivity contribution >= 4 is 5.91 Å². The molecule has 7 heteroatoms. The van der Waals surface area contributed by atoms with E-state index in [1.807, 2.05) is 60.4 Å². The number of aromatic nitrogens is 5. The molecule has 130 valence electrons. The topological polar surface area (TPSA) is 77.6 Å². The van der Waals surface area contributed by atoms with E-state index >= 15 is 0 Å². The number of hydrogen-bond donors (Lipinski definition) is 1. The van der Waals surface area contributed by atoms with E-state index in [4.69, 9.17) is 0 Å². The highest BCUT2D eigenvalue weighted by atomic mass is 16.1. The van der Waals surface area contributed by atoms with Crippen molar-refractivity contribution in [2.45, 2.75) is 33.7 Å². The van der Waals surface area contributed by atoms with E-state index < -0.39 is 0 Å². The number of nitrogens with one attached hydrogen (secondary N) is 1. The largest absolute Gasteiger partial charge is 0.352 e. The number of amides is 1. The van der Waals surface area contributed by atoms with Crippen molar-refractivity contribution in [2.24, 2.45) is 0 Å². The summed E-state index contributed by atoms with van der Waals surface area (Å²) in [6.07, 6.45) is 2.36. The second kappa shape index (κ2) is 7.29. The van der Waals surface area contributed by atoms with Gasteiger partial charge in [-0.3, -0.25) is 4.79 Å². The van der Waals surface area contributed by atoms with E-state index in [0.29, 0.717) is 18.5 Å². The molecular formula is C18H22N6O. The van der Waals surface area contributed by atoms with Crippen molar-refractivity contribution in [3.8, 4) is 5.69 Å². The Bertz CT molecular complexity index is 862. The lowest BCUT2D eigenvalue weighted by Crippen LogP contribution is -2.26. The summed E-state index contributed by atoms with van der Waals surface area (Å²) < 4.78 is 3.84. The molecule has 0 unspecified atom stereocenters. The fraction of sp³-hybridized carbons (Fsp3) is 0.333. The fourth-order valence-corrected chi connectivity index (χ4v) is 2.77. The van der Waals surface area contributed by atoms with Crippen LogP contribution in [0.4, 0.5) is 0 Å². The van der Waals surface area contributed by atoms with E-state index in [2.05, 4.69) is 20.6 Å². The number of benzene rings is 1. The Balaban J connectivity index is 1.60. The Labute approximate surface area is 146 Å². The molecule has 0 atom stereocenters. The van der Waals surface area contributed by atoms with Gasteiger partial charge in [-0.15, -0.1) is 10.2 Å². The Hall–Kier alpha value is -2.96. The Kier molecular flexibility index (Phi) is 4.92.